The largest absolute Gasteiger partial charge is 0.465 e. The number of carbonyl (C=O) groups is 1. The van der Waals surface area contributed by atoms with E-state index in [9.17, 15) is 4.79 Å². The Labute approximate surface area is 92.8 Å². The Morgan fingerprint density at radius 3 is 2.94 bits per heavy atom. The first-order chi connectivity index (χ1) is 7.76. The number of nitrogens with zero attached hydrogens (tertiary/aromatic N) is 2. The van der Waals surface area contributed by atoms with Crippen LogP contribution in [-0.2, 0) is 4.74 Å². The number of hydrogen-bond acceptors (Lipinski definition) is 5. The first-order valence-electron chi connectivity index (χ1n) is 5.03. The highest BCUT2D eigenvalue weighted by Gasteiger charge is 2.30. The van der Waals surface area contributed by atoms with E-state index in [1.165, 1.54) is 13.3 Å². The van der Waals surface area contributed by atoms with Crippen LogP contribution in [0.25, 0.3) is 0 Å². The fourth-order valence-electron chi connectivity index (χ4n) is 1.51. The second-order valence-electron chi connectivity index (χ2n) is 3.68. The molecule has 0 amide bonds. The number of hydrogen-bond donors (Lipinski definition) is 1. The Hall–Kier alpha value is -1.91. The van der Waals surface area contributed by atoms with E-state index in [1.54, 1.807) is 12.1 Å². The van der Waals surface area contributed by atoms with Gasteiger partial charge >= 0.3 is 5.97 Å². The molecular weight excluding hydrogens is 208 g/mol. The molecule has 1 aromatic rings. The molecule has 0 radical (unpaired) electrons. The van der Waals surface area contributed by atoms with Crippen molar-refractivity contribution < 1.29 is 14.7 Å². The summed E-state index contributed by atoms with van der Waals surface area (Å²) in [5, 5.41) is 12.2. The topological polar surface area (TPSA) is 71.8 Å². The van der Waals surface area contributed by atoms with E-state index in [1.807, 2.05) is 0 Å². The van der Waals surface area contributed by atoms with Gasteiger partial charge in [0.05, 0.1) is 18.4 Å². The highest BCUT2D eigenvalue weighted by atomic mass is 16.5. The van der Waals surface area contributed by atoms with Gasteiger partial charge in [-0.05, 0) is 25.0 Å². The minimum Gasteiger partial charge on any atom is -0.465 e. The summed E-state index contributed by atoms with van der Waals surface area (Å²) in [6.45, 7) is 0. The van der Waals surface area contributed by atoms with Crippen molar-refractivity contribution in [1.29, 1.82) is 0 Å². The average Bonchev–Trinajstić information content (AvgIpc) is 3.14. The highest BCUT2D eigenvalue weighted by Crippen LogP contribution is 2.32. The summed E-state index contributed by atoms with van der Waals surface area (Å²) in [5.74, 6) is -0.151. The van der Waals surface area contributed by atoms with Crippen LogP contribution in [0.2, 0.25) is 0 Å². The number of rotatable bonds is 3. The summed E-state index contributed by atoms with van der Waals surface area (Å²) < 4.78 is 4.61. The monoisotopic (exact) mass is 220 g/mol. The molecule has 1 heterocycles. The first-order valence-corrected chi connectivity index (χ1v) is 5.03. The van der Waals surface area contributed by atoms with E-state index in [0.29, 0.717) is 17.0 Å². The quantitative estimate of drug-likeness (QED) is 0.362. The normalized spacial score (nSPS) is 15.9. The maximum absolute atomic E-state index is 11.3. The molecule has 0 unspecified atom stereocenters. The third-order valence-electron chi connectivity index (χ3n) is 2.52. The predicted octanol–water partition coefficient (Wildman–Crippen LogP) is 1.46. The maximum atomic E-state index is 11.3. The summed E-state index contributed by atoms with van der Waals surface area (Å²) in [5.41, 5.74) is 1.49. The van der Waals surface area contributed by atoms with Gasteiger partial charge in [-0.3, -0.25) is 4.98 Å². The molecule has 1 aromatic heterocycles. The van der Waals surface area contributed by atoms with Crippen molar-refractivity contribution in [3.63, 3.8) is 0 Å². The second-order valence-corrected chi connectivity index (χ2v) is 3.68. The van der Waals surface area contributed by atoms with E-state index >= 15 is 0 Å². The van der Waals surface area contributed by atoms with E-state index in [4.69, 9.17) is 5.21 Å². The first kappa shape index (κ1) is 10.6. The number of aromatic nitrogens is 1. The van der Waals surface area contributed by atoms with Gasteiger partial charge in [-0.15, -0.1) is 0 Å². The average molecular weight is 220 g/mol. The molecular formula is C11H12N2O3. The molecule has 1 N–H and O–H groups in total. The lowest BCUT2D eigenvalue weighted by molar-refractivity contribution is 0.0600. The van der Waals surface area contributed by atoms with Crippen molar-refractivity contribution in [2.45, 2.75) is 12.8 Å². The Kier molecular flexibility index (Phi) is 2.85. The molecule has 0 atom stereocenters. The zero-order valence-corrected chi connectivity index (χ0v) is 8.88. The lowest BCUT2D eigenvalue weighted by Gasteiger charge is -2.03. The molecule has 2 rings (SSSR count). The number of esters is 1. The van der Waals surface area contributed by atoms with Crippen LogP contribution < -0.4 is 0 Å². The molecule has 0 aliphatic heterocycles. The van der Waals surface area contributed by atoms with Gasteiger partial charge in [0.2, 0.25) is 0 Å². The lowest BCUT2D eigenvalue weighted by Crippen LogP contribution is -2.09. The van der Waals surface area contributed by atoms with E-state index < -0.39 is 5.97 Å². The number of pyridine rings is 1. The molecule has 0 aromatic carbocycles. The summed E-state index contributed by atoms with van der Waals surface area (Å²) >= 11 is 0. The molecule has 1 aliphatic rings. The Bertz CT molecular complexity index is 439. The van der Waals surface area contributed by atoms with Gasteiger partial charge in [0.25, 0.3) is 0 Å². The molecule has 5 heteroatoms. The van der Waals surface area contributed by atoms with Gasteiger partial charge in [-0.25, -0.2) is 4.79 Å². The number of oxime groups is 1. The third-order valence-corrected chi connectivity index (χ3v) is 2.52. The molecule has 0 spiro atoms. The molecule has 84 valence electrons. The van der Waals surface area contributed by atoms with Gasteiger partial charge in [0.1, 0.15) is 5.71 Å². The van der Waals surface area contributed by atoms with Crippen LogP contribution in [0.1, 0.15) is 28.9 Å². The molecule has 0 saturated heterocycles. The molecule has 16 heavy (non-hydrogen) atoms. The predicted molar refractivity (Wildman–Crippen MR) is 56.6 cm³/mol. The minimum atomic E-state index is -0.420. The smallest absolute Gasteiger partial charge is 0.337 e. The van der Waals surface area contributed by atoms with Crippen LogP contribution in [0.3, 0.4) is 0 Å². The van der Waals surface area contributed by atoms with Crippen LogP contribution in [0.5, 0.6) is 0 Å². The van der Waals surface area contributed by atoms with Crippen molar-refractivity contribution in [3.05, 3.63) is 29.6 Å². The Morgan fingerprint density at radius 1 is 1.62 bits per heavy atom. The summed E-state index contributed by atoms with van der Waals surface area (Å²) in [6, 6.07) is 3.15. The Balaban J connectivity index is 2.31. The van der Waals surface area contributed by atoms with Gasteiger partial charge in [-0.2, -0.15) is 0 Å². The molecule has 1 fully saturated rings. The van der Waals surface area contributed by atoms with Gasteiger partial charge in [0, 0.05) is 12.1 Å². The minimum absolute atomic E-state index is 0.269. The zero-order chi connectivity index (χ0) is 11.5. The van der Waals surface area contributed by atoms with Gasteiger partial charge in [-0.1, -0.05) is 5.16 Å². The SMILES string of the molecule is COC(=O)c1ccnc(/C(=N/O)C2CC2)c1. The standard InChI is InChI=1S/C11H12N2O3/c1-16-11(14)8-4-5-12-9(6-8)10(13-15)7-2-3-7/h4-7,15H,2-3H2,1H3/b13-10+. The molecule has 1 aliphatic carbocycles. The second kappa shape index (κ2) is 4.30. The molecule has 5 nitrogen and oxygen atoms in total. The van der Waals surface area contributed by atoms with Gasteiger partial charge in [0.15, 0.2) is 0 Å². The zero-order valence-electron chi connectivity index (χ0n) is 8.88. The number of ether oxygens (including phenoxy) is 1. The van der Waals surface area contributed by atoms with Crippen molar-refractivity contribution in [3.8, 4) is 0 Å². The van der Waals surface area contributed by atoms with Crippen molar-refractivity contribution in [2.24, 2.45) is 11.1 Å². The maximum Gasteiger partial charge on any atom is 0.337 e. The van der Waals surface area contributed by atoms with E-state index in [2.05, 4.69) is 14.9 Å². The fourth-order valence-corrected chi connectivity index (χ4v) is 1.51. The molecule has 1 saturated carbocycles. The number of carbonyl (C=O) groups excluding carboxylic acids is 1. The van der Waals surface area contributed by atoms with Crippen LogP contribution in [0.4, 0.5) is 0 Å². The summed E-state index contributed by atoms with van der Waals surface area (Å²) in [6.07, 6.45) is 3.52. The van der Waals surface area contributed by atoms with Gasteiger partial charge < -0.3 is 9.94 Å². The molecule has 0 bridgehead atoms. The third kappa shape index (κ3) is 2.03. The van der Waals surface area contributed by atoms with Crippen LogP contribution >= 0.6 is 0 Å². The van der Waals surface area contributed by atoms with Crippen LogP contribution in [0.15, 0.2) is 23.5 Å². The Morgan fingerprint density at radius 2 is 2.38 bits per heavy atom. The van der Waals surface area contributed by atoms with E-state index in [0.717, 1.165) is 12.8 Å². The highest BCUT2D eigenvalue weighted by molar-refractivity contribution is 6.03. The lowest BCUT2D eigenvalue weighted by atomic mass is 10.1. The van der Waals surface area contributed by atoms with Crippen molar-refractivity contribution >= 4 is 11.7 Å². The number of methoxy groups -OCH3 is 1. The fraction of sp³-hybridized carbons (Fsp3) is 0.364. The summed E-state index contributed by atoms with van der Waals surface area (Å²) in [7, 11) is 1.32. The summed E-state index contributed by atoms with van der Waals surface area (Å²) in [4.78, 5) is 15.4. The van der Waals surface area contributed by atoms with Crippen molar-refractivity contribution in [1.82, 2.24) is 4.98 Å². The van der Waals surface area contributed by atoms with Crippen LogP contribution in [-0.4, -0.2) is 29.0 Å². The van der Waals surface area contributed by atoms with E-state index in [-0.39, 0.29) is 5.92 Å². The van der Waals surface area contributed by atoms with Crippen LogP contribution in [0, 0.1) is 5.92 Å². The van der Waals surface area contributed by atoms with Crippen molar-refractivity contribution in [2.75, 3.05) is 7.11 Å².